The van der Waals surface area contributed by atoms with Gasteiger partial charge in [0.1, 0.15) is 12.4 Å². The van der Waals surface area contributed by atoms with Gasteiger partial charge in [0.05, 0.1) is 0 Å². The quantitative estimate of drug-likeness (QED) is 0.818. The Labute approximate surface area is 128 Å². The zero-order chi connectivity index (χ0) is 13.8. The van der Waals surface area contributed by atoms with Crippen molar-refractivity contribution in [3.05, 3.63) is 40.9 Å². The first kappa shape index (κ1) is 13.9. The van der Waals surface area contributed by atoms with Gasteiger partial charge in [0.25, 0.3) is 0 Å². The average Bonchev–Trinajstić information content (AvgIpc) is 2.51. The Morgan fingerprint density at radius 1 is 0.950 bits per heavy atom. The minimum Gasteiger partial charge on any atom is -0.492 e. The van der Waals surface area contributed by atoms with E-state index in [1.807, 2.05) is 0 Å². The SMILES string of the molecule is Brc1ccc(OCCN2CCCCC2)c2ccccc12. The van der Waals surface area contributed by atoms with Crippen molar-refractivity contribution < 1.29 is 4.74 Å². The average molecular weight is 334 g/mol. The van der Waals surface area contributed by atoms with Crippen LogP contribution in [-0.4, -0.2) is 31.1 Å². The van der Waals surface area contributed by atoms with Gasteiger partial charge in [0, 0.05) is 16.4 Å². The van der Waals surface area contributed by atoms with E-state index in [-0.39, 0.29) is 0 Å². The molecule has 0 aromatic heterocycles. The third-order valence-corrected chi connectivity index (χ3v) is 4.64. The third kappa shape index (κ3) is 3.15. The Morgan fingerprint density at radius 3 is 2.50 bits per heavy atom. The zero-order valence-corrected chi connectivity index (χ0v) is 13.2. The topological polar surface area (TPSA) is 12.5 Å². The summed E-state index contributed by atoms with van der Waals surface area (Å²) in [6.07, 6.45) is 4.05. The van der Waals surface area contributed by atoms with E-state index >= 15 is 0 Å². The number of hydrogen-bond acceptors (Lipinski definition) is 2. The molecule has 0 N–H and O–H groups in total. The van der Waals surface area contributed by atoms with E-state index in [0.29, 0.717) is 0 Å². The predicted octanol–water partition coefficient (Wildman–Crippen LogP) is 4.47. The molecule has 0 bridgehead atoms. The smallest absolute Gasteiger partial charge is 0.127 e. The van der Waals surface area contributed by atoms with E-state index in [0.717, 1.165) is 23.4 Å². The maximum absolute atomic E-state index is 6.01. The molecule has 0 saturated carbocycles. The van der Waals surface area contributed by atoms with Crippen molar-refractivity contribution >= 4 is 26.7 Å². The van der Waals surface area contributed by atoms with Gasteiger partial charge in [-0.3, -0.25) is 4.90 Å². The van der Waals surface area contributed by atoms with Crippen molar-refractivity contribution in [2.75, 3.05) is 26.2 Å². The van der Waals surface area contributed by atoms with Crippen LogP contribution < -0.4 is 4.74 Å². The van der Waals surface area contributed by atoms with Crippen LogP contribution in [0.1, 0.15) is 19.3 Å². The molecule has 1 aliphatic rings. The van der Waals surface area contributed by atoms with Crippen LogP contribution in [0.25, 0.3) is 10.8 Å². The second-order valence-corrected chi connectivity index (χ2v) is 6.20. The highest BCUT2D eigenvalue weighted by Gasteiger charge is 2.10. The second kappa shape index (κ2) is 6.59. The minimum absolute atomic E-state index is 0.769. The highest BCUT2D eigenvalue weighted by Crippen LogP contribution is 2.31. The lowest BCUT2D eigenvalue weighted by atomic mass is 10.1. The van der Waals surface area contributed by atoms with E-state index in [4.69, 9.17) is 4.74 Å². The maximum Gasteiger partial charge on any atom is 0.127 e. The normalized spacial score (nSPS) is 16.4. The third-order valence-electron chi connectivity index (χ3n) is 3.94. The molecule has 0 spiro atoms. The fraction of sp³-hybridized carbons (Fsp3) is 0.412. The van der Waals surface area contributed by atoms with E-state index in [9.17, 15) is 0 Å². The number of nitrogens with zero attached hydrogens (tertiary/aromatic N) is 1. The highest BCUT2D eigenvalue weighted by molar-refractivity contribution is 9.10. The Balaban J connectivity index is 1.67. The number of piperidine rings is 1. The summed E-state index contributed by atoms with van der Waals surface area (Å²) in [6.45, 7) is 4.25. The number of likely N-dealkylation sites (tertiary alicyclic amines) is 1. The van der Waals surface area contributed by atoms with Gasteiger partial charge in [-0.15, -0.1) is 0 Å². The van der Waals surface area contributed by atoms with Gasteiger partial charge in [0.15, 0.2) is 0 Å². The van der Waals surface area contributed by atoms with Crippen molar-refractivity contribution in [3.8, 4) is 5.75 Å². The van der Waals surface area contributed by atoms with Gasteiger partial charge in [-0.25, -0.2) is 0 Å². The maximum atomic E-state index is 6.01. The van der Waals surface area contributed by atoms with Crippen molar-refractivity contribution in [2.24, 2.45) is 0 Å². The Hall–Kier alpha value is -1.06. The lowest BCUT2D eigenvalue weighted by molar-refractivity contribution is 0.184. The summed E-state index contributed by atoms with van der Waals surface area (Å²) in [7, 11) is 0. The van der Waals surface area contributed by atoms with E-state index in [2.05, 4.69) is 57.2 Å². The summed E-state index contributed by atoms with van der Waals surface area (Å²) in [5.41, 5.74) is 0. The lowest BCUT2D eigenvalue weighted by Crippen LogP contribution is -2.33. The summed E-state index contributed by atoms with van der Waals surface area (Å²) in [6, 6.07) is 12.5. The van der Waals surface area contributed by atoms with Crippen LogP contribution in [0.4, 0.5) is 0 Å². The molecule has 2 aromatic carbocycles. The van der Waals surface area contributed by atoms with Crippen molar-refractivity contribution in [2.45, 2.75) is 19.3 Å². The fourth-order valence-electron chi connectivity index (χ4n) is 2.83. The summed E-state index contributed by atoms with van der Waals surface area (Å²) in [4.78, 5) is 2.50. The highest BCUT2D eigenvalue weighted by atomic mass is 79.9. The van der Waals surface area contributed by atoms with Crippen molar-refractivity contribution in [3.63, 3.8) is 0 Å². The van der Waals surface area contributed by atoms with Crippen LogP contribution in [0, 0.1) is 0 Å². The van der Waals surface area contributed by atoms with Crippen LogP contribution in [0.2, 0.25) is 0 Å². The monoisotopic (exact) mass is 333 g/mol. The standard InChI is InChI=1S/C17H20BrNO/c18-16-8-9-17(15-7-3-2-6-14(15)16)20-13-12-19-10-4-1-5-11-19/h2-3,6-9H,1,4-5,10-13H2. The first-order valence-corrected chi connectivity index (χ1v) is 8.16. The molecule has 20 heavy (non-hydrogen) atoms. The largest absolute Gasteiger partial charge is 0.492 e. The number of ether oxygens (including phenoxy) is 1. The van der Waals surface area contributed by atoms with Crippen LogP contribution in [-0.2, 0) is 0 Å². The van der Waals surface area contributed by atoms with Gasteiger partial charge >= 0.3 is 0 Å². The Kier molecular flexibility index (Phi) is 4.58. The molecule has 1 heterocycles. The summed E-state index contributed by atoms with van der Waals surface area (Å²) >= 11 is 3.60. The molecule has 0 unspecified atom stereocenters. The van der Waals surface area contributed by atoms with Crippen LogP contribution in [0.5, 0.6) is 5.75 Å². The molecule has 0 radical (unpaired) electrons. The second-order valence-electron chi connectivity index (χ2n) is 5.34. The fourth-order valence-corrected chi connectivity index (χ4v) is 3.31. The van der Waals surface area contributed by atoms with E-state index in [1.165, 1.54) is 43.1 Å². The molecule has 1 saturated heterocycles. The molecule has 0 atom stereocenters. The molecular formula is C17H20BrNO. The molecule has 3 rings (SSSR count). The minimum atomic E-state index is 0.769. The Bertz CT molecular complexity index is 578. The molecule has 106 valence electrons. The number of benzene rings is 2. The molecule has 1 fully saturated rings. The van der Waals surface area contributed by atoms with Crippen molar-refractivity contribution in [1.29, 1.82) is 0 Å². The van der Waals surface area contributed by atoms with Crippen LogP contribution in [0.3, 0.4) is 0 Å². The first-order valence-electron chi connectivity index (χ1n) is 7.37. The van der Waals surface area contributed by atoms with Gasteiger partial charge in [-0.1, -0.05) is 46.6 Å². The number of fused-ring (bicyclic) bond motifs is 1. The molecular weight excluding hydrogens is 314 g/mol. The van der Waals surface area contributed by atoms with Crippen molar-refractivity contribution in [1.82, 2.24) is 4.90 Å². The number of hydrogen-bond donors (Lipinski definition) is 0. The molecule has 0 aliphatic carbocycles. The van der Waals surface area contributed by atoms with Crippen LogP contribution >= 0.6 is 15.9 Å². The number of halogens is 1. The first-order chi connectivity index (χ1) is 9.84. The lowest BCUT2D eigenvalue weighted by Gasteiger charge is -2.26. The van der Waals surface area contributed by atoms with Gasteiger partial charge in [0.2, 0.25) is 0 Å². The molecule has 0 amide bonds. The summed E-state index contributed by atoms with van der Waals surface area (Å²) in [5.74, 6) is 0.987. The number of rotatable bonds is 4. The zero-order valence-electron chi connectivity index (χ0n) is 11.6. The molecule has 2 nitrogen and oxygen atoms in total. The molecule has 2 aromatic rings. The summed E-state index contributed by atoms with van der Waals surface area (Å²) < 4.78 is 7.14. The van der Waals surface area contributed by atoms with Crippen LogP contribution in [0.15, 0.2) is 40.9 Å². The molecule has 3 heteroatoms. The van der Waals surface area contributed by atoms with E-state index in [1.54, 1.807) is 0 Å². The van der Waals surface area contributed by atoms with E-state index < -0.39 is 0 Å². The van der Waals surface area contributed by atoms with Gasteiger partial charge < -0.3 is 4.74 Å². The molecule has 1 aliphatic heterocycles. The Morgan fingerprint density at radius 2 is 1.70 bits per heavy atom. The van der Waals surface area contributed by atoms with Gasteiger partial charge in [-0.2, -0.15) is 0 Å². The summed E-state index contributed by atoms with van der Waals surface area (Å²) in [5, 5.41) is 2.39. The van der Waals surface area contributed by atoms with Gasteiger partial charge in [-0.05, 0) is 43.5 Å². The predicted molar refractivity (Wildman–Crippen MR) is 87.4 cm³/mol.